The maximum Gasteiger partial charge on any atom is 0.414 e. The van der Waals surface area contributed by atoms with Crippen LogP contribution in [0, 0.1) is 0 Å². The number of nitrogen functional groups attached to an aromatic ring is 1. The topological polar surface area (TPSA) is 103 Å². The van der Waals surface area contributed by atoms with Crippen LogP contribution in [-0.2, 0) is 4.74 Å². The summed E-state index contributed by atoms with van der Waals surface area (Å²) in [6.45, 7) is 5.38. The van der Waals surface area contributed by atoms with Crippen molar-refractivity contribution in [3.8, 4) is 0 Å². The van der Waals surface area contributed by atoms with E-state index in [9.17, 15) is 4.79 Å². The van der Waals surface area contributed by atoms with Gasteiger partial charge in [-0.25, -0.2) is 9.78 Å². The van der Waals surface area contributed by atoms with Crippen molar-refractivity contribution in [3.05, 3.63) is 18.3 Å². The quantitative estimate of drug-likeness (QED) is 0.836. The van der Waals surface area contributed by atoms with Crippen LogP contribution in [0.2, 0.25) is 0 Å². The summed E-state index contributed by atoms with van der Waals surface area (Å²) in [5, 5.41) is 11.5. The third-order valence-electron chi connectivity index (χ3n) is 1.97. The summed E-state index contributed by atoms with van der Waals surface area (Å²) in [6.07, 6.45) is 1.02. The molecule has 0 radical (unpaired) electrons. The number of nitrogens with two attached hydrogens (primary N) is 1. The first kappa shape index (κ1) is 15.5. The first-order valence-electron chi connectivity index (χ1n) is 6.05. The minimum Gasteiger partial charge on any atom is -0.444 e. The monoisotopic (exact) mass is 325 g/mol. The lowest BCUT2D eigenvalue weighted by Crippen LogP contribution is -2.27. The Hall–Kier alpha value is -1.87. The van der Waals surface area contributed by atoms with Gasteiger partial charge in [0.1, 0.15) is 10.6 Å². The van der Waals surface area contributed by atoms with E-state index in [1.165, 1.54) is 23.1 Å². The molecule has 2 aromatic rings. The minimum atomic E-state index is -0.555. The number of amides is 1. The molecule has 0 unspecified atom stereocenters. The van der Waals surface area contributed by atoms with Crippen LogP contribution in [0.4, 0.5) is 15.6 Å². The van der Waals surface area contributed by atoms with E-state index >= 15 is 0 Å². The number of carbonyl (C=O) groups is 1. The standard InChI is InChI=1S/C12H15N5O2S2/c1-12(2,3)19-10(18)15-9-16-17-11(21-9)20-8-5-4-7(13)6-14-8/h4-6H,13H2,1-3H3,(H,15,16,18). The van der Waals surface area contributed by atoms with Crippen LogP contribution in [0.3, 0.4) is 0 Å². The van der Waals surface area contributed by atoms with Gasteiger partial charge < -0.3 is 10.5 Å². The van der Waals surface area contributed by atoms with Crippen molar-refractivity contribution in [2.24, 2.45) is 0 Å². The third kappa shape index (κ3) is 5.20. The first-order valence-corrected chi connectivity index (χ1v) is 7.68. The Morgan fingerprint density at radius 2 is 2.14 bits per heavy atom. The molecule has 9 heteroatoms. The molecule has 0 aliphatic rings. The number of pyridine rings is 1. The largest absolute Gasteiger partial charge is 0.444 e. The van der Waals surface area contributed by atoms with Gasteiger partial charge in [-0.15, -0.1) is 10.2 Å². The van der Waals surface area contributed by atoms with E-state index in [0.29, 0.717) is 15.2 Å². The van der Waals surface area contributed by atoms with E-state index in [0.717, 1.165) is 5.03 Å². The van der Waals surface area contributed by atoms with E-state index in [2.05, 4.69) is 20.5 Å². The molecule has 2 heterocycles. The number of anilines is 2. The highest BCUT2D eigenvalue weighted by Crippen LogP contribution is 2.30. The van der Waals surface area contributed by atoms with Gasteiger partial charge in [-0.2, -0.15) is 0 Å². The zero-order valence-electron chi connectivity index (χ0n) is 11.8. The Kier molecular flexibility index (Phi) is 4.63. The minimum absolute atomic E-state index is 0.377. The lowest BCUT2D eigenvalue weighted by atomic mass is 10.2. The summed E-state index contributed by atoms with van der Waals surface area (Å²) >= 11 is 2.59. The van der Waals surface area contributed by atoms with E-state index in [4.69, 9.17) is 10.5 Å². The predicted octanol–water partition coefficient (Wildman–Crippen LogP) is 3.01. The zero-order valence-corrected chi connectivity index (χ0v) is 13.4. The highest BCUT2D eigenvalue weighted by atomic mass is 32.2. The van der Waals surface area contributed by atoms with Crippen molar-refractivity contribution < 1.29 is 9.53 Å². The highest BCUT2D eigenvalue weighted by molar-refractivity contribution is 8.01. The summed E-state index contributed by atoms with van der Waals surface area (Å²) in [5.74, 6) is 0. The molecule has 0 bridgehead atoms. The Bertz CT molecular complexity index is 621. The van der Waals surface area contributed by atoms with Crippen molar-refractivity contribution in [2.45, 2.75) is 35.7 Å². The molecule has 112 valence electrons. The third-order valence-corrected chi connectivity index (χ3v) is 3.81. The van der Waals surface area contributed by atoms with Crippen LogP contribution >= 0.6 is 23.1 Å². The summed E-state index contributed by atoms with van der Waals surface area (Å²) in [4.78, 5) is 15.8. The number of ether oxygens (including phenoxy) is 1. The zero-order chi connectivity index (χ0) is 15.5. The number of aromatic nitrogens is 3. The SMILES string of the molecule is CC(C)(C)OC(=O)Nc1nnc(Sc2ccc(N)cn2)s1. The molecule has 21 heavy (non-hydrogen) atoms. The average molecular weight is 325 g/mol. The van der Waals surface area contributed by atoms with Crippen molar-refractivity contribution in [3.63, 3.8) is 0 Å². The maximum atomic E-state index is 11.6. The van der Waals surface area contributed by atoms with Gasteiger partial charge in [0.05, 0.1) is 11.9 Å². The van der Waals surface area contributed by atoms with Crippen LogP contribution < -0.4 is 11.1 Å². The van der Waals surface area contributed by atoms with Crippen molar-refractivity contribution in [1.82, 2.24) is 15.2 Å². The molecule has 1 amide bonds. The van der Waals surface area contributed by atoms with Gasteiger partial charge in [0, 0.05) is 0 Å². The van der Waals surface area contributed by atoms with Crippen molar-refractivity contribution in [2.75, 3.05) is 11.1 Å². The predicted molar refractivity (Wildman–Crippen MR) is 82.5 cm³/mol. The smallest absolute Gasteiger partial charge is 0.414 e. The Morgan fingerprint density at radius 1 is 1.38 bits per heavy atom. The molecule has 0 saturated carbocycles. The number of hydrogen-bond donors (Lipinski definition) is 2. The van der Waals surface area contributed by atoms with Crippen LogP contribution in [0.25, 0.3) is 0 Å². The van der Waals surface area contributed by atoms with Crippen molar-refractivity contribution in [1.29, 1.82) is 0 Å². The molecular formula is C12H15N5O2S2. The van der Waals surface area contributed by atoms with Gasteiger partial charge >= 0.3 is 6.09 Å². The fourth-order valence-corrected chi connectivity index (χ4v) is 2.86. The second kappa shape index (κ2) is 6.27. The molecule has 0 fully saturated rings. The molecule has 0 atom stereocenters. The fourth-order valence-electron chi connectivity index (χ4n) is 1.23. The fraction of sp³-hybridized carbons (Fsp3) is 0.333. The van der Waals surface area contributed by atoms with Gasteiger partial charge in [0.25, 0.3) is 0 Å². The van der Waals surface area contributed by atoms with Gasteiger partial charge in [-0.05, 0) is 44.7 Å². The van der Waals surface area contributed by atoms with Crippen LogP contribution in [0.1, 0.15) is 20.8 Å². The summed E-state index contributed by atoms with van der Waals surface area (Å²) < 4.78 is 5.80. The average Bonchev–Trinajstić information content (AvgIpc) is 2.77. The Morgan fingerprint density at radius 3 is 2.76 bits per heavy atom. The number of carbonyl (C=O) groups excluding carboxylic acids is 1. The summed E-state index contributed by atoms with van der Waals surface area (Å²) in [5.41, 5.74) is 5.62. The summed E-state index contributed by atoms with van der Waals surface area (Å²) in [7, 11) is 0. The molecule has 3 N–H and O–H groups in total. The molecule has 7 nitrogen and oxygen atoms in total. The normalized spacial score (nSPS) is 11.2. The molecule has 0 aromatic carbocycles. The first-order chi connectivity index (χ1) is 9.82. The van der Waals surface area contributed by atoms with Crippen LogP contribution in [-0.4, -0.2) is 26.9 Å². The Balaban J connectivity index is 1.95. The molecule has 0 spiro atoms. The van der Waals surface area contributed by atoms with Crippen molar-refractivity contribution >= 4 is 40.0 Å². The van der Waals surface area contributed by atoms with Crippen LogP contribution in [0.15, 0.2) is 27.7 Å². The van der Waals surface area contributed by atoms with E-state index in [1.54, 1.807) is 39.1 Å². The lowest BCUT2D eigenvalue weighted by Gasteiger charge is -2.18. The number of nitrogens with zero attached hydrogens (tertiary/aromatic N) is 3. The van der Waals surface area contributed by atoms with Crippen LogP contribution in [0.5, 0.6) is 0 Å². The number of nitrogens with one attached hydrogen (secondary N) is 1. The van der Waals surface area contributed by atoms with E-state index in [1.807, 2.05) is 0 Å². The van der Waals surface area contributed by atoms with Gasteiger partial charge in [0.2, 0.25) is 5.13 Å². The maximum absolute atomic E-state index is 11.6. The number of rotatable bonds is 3. The van der Waals surface area contributed by atoms with Gasteiger partial charge in [-0.1, -0.05) is 11.3 Å². The highest BCUT2D eigenvalue weighted by Gasteiger charge is 2.17. The van der Waals surface area contributed by atoms with Gasteiger partial charge in [-0.3, -0.25) is 5.32 Å². The van der Waals surface area contributed by atoms with E-state index < -0.39 is 11.7 Å². The molecule has 2 rings (SSSR count). The Labute approximate surface area is 130 Å². The molecular weight excluding hydrogens is 310 g/mol. The molecule has 0 saturated heterocycles. The lowest BCUT2D eigenvalue weighted by molar-refractivity contribution is 0.0636. The number of hydrogen-bond acceptors (Lipinski definition) is 8. The molecule has 0 aliphatic carbocycles. The molecule has 0 aliphatic heterocycles. The van der Waals surface area contributed by atoms with Gasteiger partial charge in [0.15, 0.2) is 4.34 Å². The van der Waals surface area contributed by atoms with E-state index in [-0.39, 0.29) is 0 Å². The summed E-state index contributed by atoms with van der Waals surface area (Å²) in [6, 6.07) is 3.55. The second-order valence-electron chi connectivity index (χ2n) is 5.03. The second-order valence-corrected chi connectivity index (χ2v) is 7.28. The molecule has 2 aromatic heterocycles.